The first-order chi connectivity index (χ1) is 8.10. The second-order valence-corrected chi connectivity index (χ2v) is 3.79. The Bertz CT molecular complexity index is 348. The van der Waals surface area contributed by atoms with Crippen LogP contribution in [0.15, 0.2) is 24.3 Å². The zero-order valence-corrected chi connectivity index (χ0v) is 10.1. The third-order valence-corrected chi connectivity index (χ3v) is 2.59. The average Bonchev–Trinajstić information content (AvgIpc) is 2.34. The highest BCUT2D eigenvalue weighted by Crippen LogP contribution is 2.19. The lowest BCUT2D eigenvalue weighted by atomic mass is 10.0. The summed E-state index contributed by atoms with van der Waals surface area (Å²) in [6.45, 7) is 5.89. The standard InChI is InChI=1S/C12H17NO4/c1-4-7-17-12(15)13-6-5-10(8-9(13)2)11(14)16-3/h4-5,9H,1,6-8H2,2-3H3/t9-/m1/s1. The van der Waals surface area contributed by atoms with Crippen molar-refractivity contribution in [3.05, 3.63) is 24.3 Å². The van der Waals surface area contributed by atoms with E-state index in [-0.39, 0.29) is 18.6 Å². The number of ether oxygens (including phenoxy) is 2. The Hall–Kier alpha value is -1.78. The Morgan fingerprint density at radius 3 is 2.88 bits per heavy atom. The Balaban J connectivity index is 2.62. The summed E-state index contributed by atoms with van der Waals surface area (Å²) >= 11 is 0. The van der Waals surface area contributed by atoms with Crippen molar-refractivity contribution in [3.63, 3.8) is 0 Å². The lowest BCUT2D eigenvalue weighted by molar-refractivity contribution is -0.136. The first-order valence-corrected chi connectivity index (χ1v) is 5.41. The van der Waals surface area contributed by atoms with Gasteiger partial charge in [0.15, 0.2) is 0 Å². The van der Waals surface area contributed by atoms with Gasteiger partial charge in [-0.15, -0.1) is 0 Å². The highest BCUT2D eigenvalue weighted by molar-refractivity contribution is 5.89. The van der Waals surface area contributed by atoms with Crippen LogP contribution in [0.4, 0.5) is 4.79 Å². The van der Waals surface area contributed by atoms with Gasteiger partial charge in [-0.25, -0.2) is 9.59 Å². The van der Waals surface area contributed by atoms with Gasteiger partial charge in [-0.05, 0) is 13.3 Å². The van der Waals surface area contributed by atoms with Gasteiger partial charge in [-0.2, -0.15) is 0 Å². The minimum atomic E-state index is -0.391. The normalized spacial score (nSPS) is 19.3. The van der Waals surface area contributed by atoms with Crippen LogP contribution in [0.3, 0.4) is 0 Å². The number of amides is 1. The molecule has 0 unspecified atom stereocenters. The van der Waals surface area contributed by atoms with E-state index >= 15 is 0 Å². The molecule has 5 nitrogen and oxygen atoms in total. The van der Waals surface area contributed by atoms with Crippen molar-refractivity contribution < 1.29 is 19.1 Å². The van der Waals surface area contributed by atoms with Gasteiger partial charge in [-0.3, -0.25) is 0 Å². The van der Waals surface area contributed by atoms with Crippen LogP contribution in [-0.4, -0.2) is 43.3 Å². The molecule has 1 heterocycles. The highest BCUT2D eigenvalue weighted by atomic mass is 16.6. The number of carbonyl (C=O) groups is 2. The van der Waals surface area contributed by atoms with Crippen molar-refractivity contribution in [3.8, 4) is 0 Å². The molecule has 0 radical (unpaired) electrons. The van der Waals surface area contributed by atoms with Crippen molar-refractivity contribution in [2.45, 2.75) is 19.4 Å². The molecule has 0 spiro atoms. The first kappa shape index (κ1) is 13.3. The maximum absolute atomic E-state index is 11.6. The molecule has 1 rings (SSSR count). The van der Waals surface area contributed by atoms with Gasteiger partial charge in [-0.1, -0.05) is 18.7 Å². The molecule has 0 bridgehead atoms. The molecule has 0 aliphatic carbocycles. The van der Waals surface area contributed by atoms with Crippen LogP contribution < -0.4 is 0 Å². The topological polar surface area (TPSA) is 55.8 Å². The number of nitrogens with zero attached hydrogens (tertiary/aromatic N) is 1. The van der Waals surface area contributed by atoms with E-state index in [9.17, 15) is 9.59 Å². The number of methoxy groups -OCH3 is 1. The molecule has 0 aromatic carbocycles. The minimum Gasteiger partial charge on any atom is -0.466 e. The van der Waals surface area contributed by atoms with Gasteiger partial charge in [0.2, 0.25) is 0 Å². The minimum absolute atomic E-state index is 0.0774. The quantitative estimate of drug-likeness (QED) is 0.553. The molecule has 5 heteroatoms. The molecule has 0 fully saturated rings. The summed E-state index contributed by atoms with van der Waals surface area (Å²) in [6, 6.07) is -0.0774. The van der Waals surface area contributed by atoms with Crippen LogP contribution in [-0.2, 0) is 14.3 Å². The molecule has 1 amide bonds. The van der Waals surface area contributed by atoms with Crippen molar-refractivity contribution in [2.24, 2.45) is 0 Å². The van der Waals surface area contributed by atoms with E-state index in [2.05, 4.69) is 11.3 Å². The summed E-state index contributed by atoms with van der Waals surface area (Å²) in [5.41, 5.74) is 0.604. The highest BCUT2D eigenvalue weighted by Gasteiger charge is 2.27. The van der Waals surface area contributed by atoms with Crippen LogP contribution in [0.2, 0.25) is 0 Å². The molecule has 1 atom stereocenters. The fourth-order valence-electron chi connectivity index (χ4n) is 1.67. The van der Waals surface area contributed by atoms with Gasteiger partial charge >= 0.3 is 12.1 Å². The van der Waals surface area contributed by atoms with E-state index in [1.165, 1.54) is 13.2 Å². The summed E-state index contributed by atoms with van der Waals surface area (Å²) in [7, 11) is 1.35. The summed E-state index contributed by atoms with van der Waals surface area (Å²) in [4.78, 5) is 24.5. The number of rotatable bonds is 3. The molecule has 0 aromatic rings. The summed E-state index contributed by atoms with van der Waals surface area (Å²) < 4.78 is 9.59. The first-order valence-electron chi connectivity index (χ1n) is 5.41. The third kappa shape index (κ3) is 3.34. The largest absolute Gasteiger partial charge is 0.466 e. The van der Waals surface area contributed by atoms with Crippen LogP contribution in [0.5, 0.6) is 0 Å². The van der Waals surface area contributed by atoms with Crippen LogP contribution in [0.25, 0.3) is 0 Å². The van der Waals surface area contributed by atoms with Crippen molar-refractivity contribution in [2.75, 3.05) is 20.3 Å². The van der Waals surface area contributed by atoms with Gasteiger partial charge in [0, 0.05) is 18.2 Å². The van der Waals surface area contributed by atoms with Crippen molar-refractivity contribution in [1.82, 2.24) is 4.90 Å². The Morgan fingerprint density at radius 1 is 1.65 bits per heavy atom. The predicted molar refractivity (Wildman–Crippen MR) is 62.4 cm³/mol. The van der Waals surface area contributed by atoms with Crippen LogP contribution >= 0.6 is 0 Å². The van der Waals surface area contributed by atoms with Gasteiger partial charge in [0.25, 0.3) is 0 Å². The van der Waals surface area contributed by atoms with E-state index in [4.69, 9.17) is 4.74 Å². The second kappa shape index (κ2) is 6.08. The monoisotopic (exact) mass is 239 g/mol. The lowest BCUT2D eigenvalue weighted by Crippen LogP contribution is -2.42. The summed E-state index contributed by atoms with van der Waals surface area (Å²) in [5, 5.41) is 0. The smallest absolute Gasteiger partial charge is 0.410 e. The van der Waals surface area contributed by atoms with E-state index < -0.39 is 6.09 Å². The maximum atomic E-state index is 11.6. The molecule has 1 aliphatic rings. The number of carbonyl (C=O) groups excluding carboxylic acids is 2. The molecule has 17 heavy (non-hydrogen) atoms. The molecule has 94 valence electrons. The molecular weight excluding hydrogens is 222 g/mol. The van der Waals surface area contributed by atoms with E-state index in [1.807, 2.05) is 6.92 Å². The SMILES string of the molecule is C=CCOC(=O)N1CC=C(C(=O)OC)C[C@H]1C. The van der Waals surface area contributed by atoms with Crippen LogP contribution in [0, 0.1) is 0 Å². The van der Waals surface area contributed by atoms with Crippen molar-refractivity contribution >= 4 is 12.1 Å². The summed E-state index contributed by atoms with van der Waals surface area (Å²) in [6.07, 6.45) is 3.30. The van der Waals surface area contributed by atoms with Crippen molar-refractivity contribution in [1.29, 1.82) is 0 Å². The lowest BCUT2D eigenvalue weighted by Gasteiger charge is -2.31. The number of hydrogen-bond acceptors (Lipinski definition) is 4. The fraction of sp³-hybridized carbons (Fsp3) is 0.500. The summed E-state index contributed by atoms with van der Waals surface area (Å²) in [5.74, 6) is -0.337. The number of hydrogen-bond donors (Lipinski definition) is 0. The second-order valence-electron chi connectivity index (χ2n) is 3.79. The molecule has 0 saturated heterocycles. The zero-order chi connectivity index (χ0) is 12.8. The Kier molecular flexibility index (Phi) is 4.75. The molecular formula is C12H17NO4. The average molecular weight is 239 g/mol. The predicted octanol–water partition coefficient (Wildman–Crippen LogP) is 1.50. The van der Waals surface area contributed by atoms with Crippen LogP contribution in [0.1, 0.15) is 13.3 Å². The van der Waals surface area contributed by atoms with Gasteiger partial charge in [0.05, 0.1) is 7.11 Å². The third-order valence-electron chi connectivity index (χ3n) is 2.59. The maximum Gasteiger partial charge on any atom is 0.410 e. The Labute approximate surface area is 101 Å². The number of esters is 1. The molecule has 0 saturated carbocycles. The van der Waals surface area contributed by atoms with E-state index in [0.717, 1.165) is 0 Å². The van der Waals surface area contributed by atoms with Gasteiger partial charge < -0.3 is 14.4 Å². The molecule has 0 N–H and O–H groups in total. The Morgan fingerprint density at radius 2 is 2.35 bits per heavy atom. The fourth-order valence-corrected chi connectivity index (χ4v) is 1.67. The van der Waals surface area contributed by atoms with Gasteiger partial charge in [0.1, 0.15) is 6.61 Å². The zero-order valence-electron chi connectivity index (χ0n) is 10.1. The van der Waals surface area contributed by atoms with E-state index in [0.29, 0.717) is 18.5 Å². The van der Waals surface area contributed by atoms with E-state index in [1.54, 1.807) is 11.0 Å². The molecule has 1 aliphatic heterocycles. The molecule has 0 aromatic heterocycles.